The summed E-state index contributed by atoms with van der Waals surface area (Å²) in [7, 11) is 0. The summed E-state index contributed by atoms with van der Waals surface area (Å²) in [6.45, 7) is 8.58. The molecule has 1 heterocycles. The highest BCUT2D eigenvalue weighted by Crippen LogP contribution is 2.23. The molecule has 0 aliphatic carbocycles. The van der Waals surface area contributed by atoms with Crippen LogP contribution in [0.4, 0.5) is 0 Å². The van der Waals surface area contributed by atoms with Crippen LogP contribution in [0.3, 0.4) is 0 Å². The minimum Gasteiger partial charge on any atom is -0.463 e. The minimum atomic E-state index is -0.591. The molecule has 21 heavy (non-hydrogen) atoms. The van der Waals surface area contributed by atoms with Gasteiger partial charge in [-0.05, 0) is 32.4 Å². The van der Waals surface area contributed by atoms with E-state index in [0.717, 1.165) is 6.42 Å². The number of ether oxygens (including phenoxy) is 4. The molecular formula is C15H24O6. The molecule has 3 atom stereocenters. The van der Waals surface area contributed by atoms with E-state index in [0.29, 0.717) is 0 Å². The van der Waals surface area contributed by atoms with Crippen LogP contribution < -0.4 is 0 Å². The van der Waals surface area contributed by atoms with Gasteiger partial charge in [-0.25, -0.2) is 0 Å². The number of hydrogen-bond donors (Lipinski definition) is 0. The van der Waals surface area contributed by atoms with E-state index in [1.807, 2.05) is 20.8 Å². The van der Waals surface area contributed by atoms with Gasteiger partial charge < -0.3 is 18.9 Å². The fourth-order valence-corrected chi connectivity index (χ4v) is 1.72. The van der Waals surface area contributed by atoms with E-state index in [4.69, 9.17) is 18.9 Å². The third kappa shape index (κ3) is 6.27. The zero-order chi connectivity index (χ0) is 16.0. The molecule has 0 spiro atoms. The summed E-state index contributed by atoms with van der Waals surface area (Å²) in [5.74, 6) is -0.838. The highest BCUT2D eigenvalue weighted by atomic mass is 16.7. The molecule has 0 amide bonds. The maximum absolute atomic E-state index is 11.1. The van der Waals surface area contributed by atoms with Gasteiger partial charge in [-0.2, -0.15) is 0 Å². The molecule has 6 heteroatoms. The second kappa shape index (κ2) is 7.56. The largest absolute Gasteiger partial charge is 0.463 e. The van der Waals surface area contributed by atoms with Gasteiger partial charge in [-0.3, -0.25) is 9.59 Å². The highest BCUT2D eigenvalue weighted by molar-refractivity contribution is 5.66. The highest BCUT2D eigenvalue weighted by Gasteiger charge is 2.33. The number of carbonyl (C=O) groups excluding carboxylic acids is 2. The predicted molar refractivity (Wildman–Crippen MR) is 75.4 cm³/mol. The average Bonchev–Trinajstić information content (AvgIpc) is 2.38. The van der Waals surface area contributed by atoms with E-state index < -0.39 is 30.4 Å². The molecule has 0 saturated carbocycles. The fourth-order valence-electron chi connectivity index (χ4n) is 1.72. The maximum atomic E-state index is 11.1. The Labute approximate surface area is 125 Å². The quantitative estimate of drug-likeness (QED) is 0.551. The molecule has 0 radical (unpaired) electrons. The molecule has 0 aromatic carbocycles. The van der Waals surface area contributed by atoms with Crippen molar-refractivity contribution in [3.05, 3.63) is 12.2 Å². The predicted octanol–water partition coefficient (Wildman–Crippen LogP) is 1.97. The van der Waals surface area contributed by atoms with Crippen molar-refractivity contribution < 1.29 is 28.5 Å². The molecule has 1 rings (SSSR count). The molecule has 1 aliphatic heterocycles. The minimum absolute atomic E-state index is 0.00400. The lowest BCUT2D eigenvalue weighted by Crippen LogP contribution is -2.44. The van der Waals surface area contributed by atoms with Gasteiger partial charge in [0.05, 0.1) is 5.60 Å². The SMILES string of the molecule is CCC(C)(C)OC1C=CC(OC(C)=O)C(COC(C)=O)O1. The molecule has 3 unspecified atom stereocenters. The van der Waals surface area contributed by atoms with Gasteiger partial charge >= 0.3 is 11.9 Å². The van der Waals surface area contributed by atoms with Crippen molar-refractivity contribution in [2.45, 2.75) is 65.1 Å². The van der Waals surface area contributed by atoms with Crippen molar-refractivity contribution in [1.29, 1.82) is 0 Å². The van der Waals surface area contributed by atoms with Crippen molar-refractivity contribution >= 4 is 11.9 Å². The first-order valence-electron chi connectivity index (χ1n) is 7.05. The smallest absolute Gasteiger partial charge is 0.303 e. The Kier molecular flexibility index (Phi) is 6.36. The van der Waals surface area contributed by atoms with E-state index in [-0.39, 0.29) is 12.2 Å². The number of hydrogen-bond acceptors (Lipinski definition) is 6. The summed E-state index contributed by atoms with van der Waals surface area (Å²) in [6.07, 6.45) is 2.49. The molecular weight excluding hydrogens is 276 g/mol. The van der Waals surface area contributed by atoms with Crippen molar-refractivity contribution in [3.63, 3.8) is 0 Å². The fraction of sp³-hybridized carbons (Fsp3) is 0.733. The number of carbonyl (C=O) groups is 2. The van der Waals surface area contributed by atoms with Crippen LogP contribution in [0.15, 0.2) is 12.2 Å². The first-order chi connectivity index (χ1) is 9.73. The molecule has 0 N–H and O–H groups in total. The summed E-state index contributed by atoms with van der Waals surface area (Å²) in [5, 5.41) is 0. The summed E-state index contributed by atoms with van der Waals surface area (Å²) in [5.41, 5.74) is -0.338. The van der Waals surface area contributed by atoms with Crippen molar-refractivity contribution in [2.75, 3.05) is 6.61 Å². The lowest BCUT2D eigenvalue weighted by atomic mass is 10.1. The van der Waals surface area contributed by atoms with Crippen LogP contribution in [0.2, 0.25) is 0 Å². The molecule has 1 aliphatic rings. The lowest BCUT2D eigenvalue weighted by molar-refractivity contribution is -0.227. The van der Waals surface area contributed by atoms with E-state index in [1.54, 1.807) is 12.2 Å². The normalized spacial score (nSPS) is 25.5. The summed E-state index contributed by atoms with van der Waals surface area (Å²) in [4.78, 5) is 22.0. The third-order valence-electron chi connectivity index (χ3n) is 3.17. The molecule has 0 bridgehead atoms. The van der Waals surface area contributed by atoms with E-state index >= 15 is 0 Å². The monoisotopic (exact) mass is 300 g/mol. The Morgan fingerprint density at radius 1 is 1.19 bits per heavy atom. The van der Waals surface area contributed by atoms with Gasteiger partial charge in [0.1, 0.15) is 18.8 Å². The maximum Gasteiger partial charge on any atom is 0.303 e. The van der Waals surface area contributed by atoms with Gasteiger partial charge in [-0.1, -0.05) is 6.92 Å². The molecule has 0 fully saturated rings. The second-order valence-electron chi connectivity index (χ2n) is 5.54. The third-order valence-corrected chi connectivity index (χ3v) is 3.17. The van der Waals surface area contributed by atoms with Crippen LogP contribution >= 0.6 is 0 Å². The topological polar surface area (TPSA) is 71.1 Å². The van der Waals surface area contributed by atoms with Gasteiger partial charge in [0.15, 0.2) is 6.29 Å². The van der Waals surface area contributed by atoms with E-state index in [1.165, 1.54) is 13.8 Å². The van der Waals surface area contributed by atoms with Crippen molar-refractivity contribution in [1.82, 2.24) is 0 Å². The Balaban J connectivity index is 2.72. The van der Waals surface area contributed by atoms with Crippen molar-refractivity contribution in [2.24, 2.45) is 0 Å². The van der Waals surface area contributed by atoms with Gasteiger partial charge in [0.25, 0.3) is 0 Å². The Bertz CT molecular complexity index is 401. The van der Waals surface area contributed by atoms with Crippen molar-refractivity contribution in [3.8, 4) is 0 Å². The van der Waals surface area contributed by atoms with E-state index in [2.05, 4.69) is 0 Å². The summed E-state index contributed by atoms with van der Waals surface area (Å²) >= 11 is 0. The molecule has 0 saturated heterocycles. The number of rotatable bonds is 6. The van der Waals surface area contributed by atoms with Crippen LogP contribution in [0.1, 0.15) is 41.0 Å². The summed E-state index contributed by atoms with van der Waals surface area (Å²) in [6, 6.07) is 0. The number of esters is 2. The van der Waals surface area contributed by atoms with Crippen LogP contribution in [-0.2, 0) is 28.5 Å². The van der Waals surface area contributed by atoms with Crippen LogP contribution in [-0.4, -0.2) is 42.6 Å². The van der Waals surface area contributed by atoms with Gasteiger partial charge in [-0.15, -0.1) is 0 Å². The molecule has 6 nitrogen and oxygen atoms in total. The lowest BCUT2D eigenvalue weighted by Gasteiger charge is -2.35. The molecule has 0 aromatic heterocycles. The molecule has 0 aromatic rings. The van der Waals surface area contributed by atoms with E-state index in [9.17, 15) is 9.59 Å². The Hall–Kier alpha value is -1.40. The van der Waals surface area contributed by atoms with Crippen LogP contribution in [0.5, 0.6) is 0 Å². The second-order valence-corrected chi connectivity index (χ2v) is 5.54. The standard InChI is InChI=1S/C15H24O6/c1-6-15(4,5)21-14-8-7-12(19-11(3)17)13(20-14)9-18-10(2)16/h7-8,12-14H,6,9H2,1-5H3. The van der Waals surface area contributed by atoms with Gasteiger partial charge in [0.2, 0.25) is 0 Å². The zero-order valence-corrected chi connectivity index (χ0v) is 13.3. The van der Waals surface area contributed by atoms with Crippen LogP contribution in [0, 0.1) is 0 Å². The first kappa shape index (κ1) is 17.7. The average molecular weight is 300 g/mol. The van der Waals surface area contributed by atoms with Gasteiger partial charge in [0, 0.05) is 13.8 Å². The zero-order valence-electron chi connectivity index (χ0n) is 13.3. The summed E-state index contributed by atoms with van der Waals surface area (Å²) < 4.78 is 21.6. The molecule has 120 valence electrons. The first-order valence-corrected chi connectivity index (χ1v) is 7.05. The Morgan fingerprint density at radius 3 is 2.38 bits per heavy atom. The van der Waals surface area contributed by atoms with Crippen LogP contribution in [0.25, 0.3) is 0 Å². The Morgan fingerprint density at radius 2 is 1.86 bits per heavy atom.